The highest BCUT2D eigenvalue weighted by Gasteiger charge is 2.19. The van der Waals surface area contributed by atoms with E-state index >= 15 is 0 Å². The summed E-state index contributed by atoms with van der Waals surface area (Å²) in [5.74, 6) is -0.773. The minimum absolute atomic E-state index is 0.192. The van der Waals surface area contributed by atoms with E-state index in [9.17, 15) is 4.79 Å². The molecule has 0 aliphatic carbocycles. The Balaban J connectivity index is 4.17. The van der Waals surface area contributed by atoms with E-state index in [0.717, 1.165) is 12.8 Å². The fourth-order valence-corrected chi connectivity index (χ4v) is 1.28. The Morgan fingerprint density at radius 1 is 1.58 bits per heavy atom. The van der Waals surface area contributed by atoms with E-state index in [0.29, 0.717) is 0 Å². The van der Waals surface area contributed by atoms with Crippen molar-refractivity contribution in [3.63, 3.8) is 0 Å². The minimum atomic E-state index is -0.702. The third kappa shape index (κ3) is 3.56. The van der Waals surface area contributed by atoms with Crippen molar-refractivity contribution in [3.8, 4) is 0 Å². The Morgan fingerprint density at radius 3 is 2.50 bits per heavy atom. The van der Waals surface area contributed by atoms with Gasteiger partial charge in [-0.05, 0) is 19.3 Å². The van der Waals surface area contributed by atoms with Gasteiger partial charge < -0.3 is 5.11 Å². The van der Waals surface area contributed by atoms with Crippen LogP contribution in [0.2, 0.25) is 0 Å². The number of hydrogen-bond acceptors (Lipinski definition) is 1. The molecular weight excluding hydrogens is 152 g/mol. The first-order valence-corrected chi connectivity index (χ1v) is 4.49. The normalized spacial score (nSPS) is 16.2. The molecule has 0 saturated heterocycles. The summed E-state index contributed by atoms with van der Waals surface area (Å²) >= 11 is 0. The van der Waals surface area contributed by atoms with E-state index in [2.05, 4.69) is 6.92 Å². The molecule has 0 aromatic rings. The second-order valence-electron chi connectivity index (χ2n) is 3.11. The van der Waals surface area contributed by atoms with E-state index in [4.69, 9.17) is 5.11 Å². The van der Waals surface area contributed by atoms with Gasteiger partial charge in [-0.15, -0.1) is 0 Å². The third-order valence-corrected chi connectivity index (χ3v) is 2.09. The molecule has 0 aliphatic heterocycles. The predicted octanol–water partition coefficient (Wildman–Crippen LogP) is 2.70. The van der Waals surface area contributed by atoms with Gasteiger partial charge in [0.1, 0.15) is 0 Å². The lowest BCUT2D eigenvalue weighted by atomic mass is 9.90. The van der Waals surface area contributed by atoms with Crippen LogP contribution in [0.5, 0.6) is 0 Å². The molecule has 0 saturated carbocycles. The lowest BCUT2D eigenvalue weighted by Gasteiger charge is -2.15. The van der Waals surface area contributed by atoms with Crippen LogP contribution in [0.4, 0.5) is 0 Å². The monoisotopic (exact) mass is 170 g/mol. The highest BCUT2D eigenvalue weighted by atomic mass is 16.4. The van der Waals surface area contributed by atoms with Crippen molar-refractivity contribution in [3.05, 3.63) is 12.2 Å². The summed E-state index contributed by atoms with van der Waals surface area (Å²) in [5, 5.41) is 8.77. The summed E-state index contributed by atoms with van der Waals surface area (Å²) in [5.41, 5.74) is 0. The molecule has 0 bridgehead atoms. The number of allylic oxidation sites excluding steroid dienone is 2. The molecule has 0 aromatic carbocycles. The number of carboxylic acid groups (broad SMARTS) is 1. The molecule has 2 heteroatoms. The van der Waals surface area contributed by atoms with Gasteiger partial charge in [0.05, 0.1) is 5.92 Å². The first-order valence-electron chi connectivity index (χ1n) is 4.49. The quantitative estimate of drug-likeness (QED) is 0.644. The first-order chi connectivity index (χ1) is 5.63. The molecule has 0 spiro atoms. The Bertz CT molecular complexity index is 161. The largest absolute Gasteiger partial charge is 0.481 e. The number of carbonyl (C=O) groups is 1. The van der Waals surface area contributed by atoms with Crippen molar-refractivity contribution >= 4 is 5.97 Å². The Kier molecular flexibility index (Phi) is 5.43. The standard InChI is InChI=1S/C10H18O2/c1-4-6-9(7-5-2)8(3)10(11)12/h4,6,8-9H,5,7H2,1-3H3,(H,11,12)/b6-4+. The summed E-state index contributed by atoms with van der Waals surface area (Å²) in [6.45, 7) is 5.77. The van der Waals surface area contributed by atoms with Gasteiger partial charge in [0.15, 0.2) is 0 Å². The Morgan fingerprint density at radius 2 is 2.17 bits per heavy atom. The highest BCUT2D eigenvalue weighted by Crippen LogP contribution is 2.19. The smallest absolute Gasteiger partial charge is 0.306 e. The number of carboxylic acids is 1. The second-order valence-corrected chi connectivity index (χ2v) is 3.11. The van der Waals surface area contributed by atoms with Gasteiger partial charge in [0.25, 0.3) is 0 Å². The summed E-state index contributed by atoms with van der Waals surface area (Å²) in [6, 6.07) is 0. The van der Waals surface area contributed by atoms with Gasteiger partial charge >= 0.3 is 5.97 Å². The van der Waals surface area contributed by atoms with E-state index in [-0.39, 0.29) is 11.8 Å². The average molecular weight is 170 g/mol. The fourth-order valence-electron chi connectivity index (χ4n) is 1.28. The number of hydrogen-bond donors (Lipinski definition) is 1. The summed E-state index contributed by atoms with van der Waals surface area (Å²) in [7, 11) is 0. The summed E-state index contributed by atoms with van der Waals surface area (Å²) < 4.78 is 0. The Labute approximate surface area is 74.3 Å². The molecule has 0 radical (unpaired) electrons. The zero-order valence-corrected chi connectivity index (χ0v) is 8.08. The van der Waals surface area contributed by atoms with Crippen LogP contribution >= 0.6 is 0 Å². The molecule has 0 aromatic heterocycles. The lowest BCUT2D eigenvalue weighted by molar-refractivity contribution is -0.142. The lowest BCUT2D eigenvalue weighted by Crippen LogP contribution is -2.18. The van der Waals surface area contributed by atoms with Crippen LogP contribution in [0.25, 0.3) is 0 Å². The molecule has 2 unspecified atom stereocenters. The van der Waals surface area contributed by atoms with Gasteiger partial charge in [-0.25, -0.2) is 0 Å². The maximum Gasteiger partial charge on any atom is 0.306 e. The van der Waals surface area contributed by atoms with Crippen molar-refractivity contribution in [2.24, 2.45) is 11.8 Å². The van der Waals surface area contributed by atoms with Gasteiger partial charge in [-0.2, -0.15) is 0 Å². The molecule has 0 heterocycles. The zero-order valence-electron chi connectivity index (χ0n) is 8.08. The molecule has 2 atom stereocenters. The fraction of sp³-hybridized carbons (Fsp3) is 0.700. The SMILES string of the molecule is C/C=C/C(CCC)C(C)C(=O)O. The molecule has 0 fully saturated rings. The van der Waals surface area contributed by atoms with Crippen LogP contribution in [-0.2, 0) is 4.79 Å². The van der Waals surface area contributed by atoms with E-state index in [1.54, 1.807) is 6.92 Å². The van der Waals surface area contributed by atoms with Gasteiger partial charge in [0, 0.05) is 0 Å². The maximum absolute atomic E-state index is 10.7. The van der Waals surface area contributed by atoms with Gasteiger partial charge in [-0.1, -0.05) is 32.4 Å². The van der Waals surface area contributed by atoms with Gasteiger partial charge in [-0.3, -0.25) is 4.79 Å². The van der Waals surface area contributed by atoms with Crippen molar-refractivity contribution < 1.29 is 9.90 Å². The second kappa shape index (κ2) is 5.81. The minimum Gasteiger partial charge on any atom is -0.481 e. The molecule has 12 heavy (non-hydrogen) atoms. The van der Waals surface area contributed by atoms with Crippen LogP contribution in [0.1, 0.15) is 33.6 Å². The molecule has 0 rings (SSSR count). The Hall–Kier alpha value is -0.790. The van der Waals surface area contributed by atoms with Crippen molar-refractivity contribution in [2.75, 3.05) is 0 Å². The van der Waals surface area contributed by atoms with Crippen LogP contribution < -0.4 is 0 Å². The molecular formula is C10H18O2. The van der Waals surface area contributed by atoms with Crippen LogP contribution in [0.3, 0.4) is 0 Å². The molecule has 70 valence electrons. The number of aliphatic carboxylic acids is 1. The molecule has 0 amide bonds. The van der Waals surface area contributed by atoms with Gasteiger partial charge in [0.2, 0.25) is 0 Å². The zero-order chi connectivity index (χ0) is 9.56. The van der Waals surface area contributed by atoms with Crippen LogP contribution in [0.15, 0.2) is 12.2 Å². The van der Waals surface area contributed by atoms with E-state index < -0.39 is 5.97 Å². The van der Waals surface area contributed by atoms with Crippen molar-refractivity contribution in [1.29, 1.82) is 0 Å². The number of rotatable bonds is 5. The van der Waals surface area contributed by atoms with Crippen LogP contribution in [-0.4, -0.2) is 11.1 Å². The van der Waals surface area contributed by atoms with E-state index in [1.807, 2.05) is 19.1 Å². The first kappa shape index (κ1) is 11.2. The predicted molar refractivity (Wildman–Crippen MR) is 50.0 cm³/mol. The average Bonchev–Trinajstić information content (AvgIpc) is 2.03. The summed E-state index contributed by atoms with van der Waals surface area (Å²) in [4.78, 5) is 10.7. The van der Waals surface area contributed by atoms with E-state index in [1.165, 1.54) is 0 Å². The van der Waals surface area contributed by atoms with Crippen molar-refractivity contribution in [1.82, 2.24) is 0 Å². The van der Waals surface area contributed by atoms with Crippen molar-refractivity contribution in [2.45, 2.75) is 33.6 Å². The molecule has 2 nitrogen and oxygen atoms in total. The third-order valence-electron chi connectivity index (χ3n) is 2.09. The van der Waals surface area contributed by atoms with Crippen LogP contribution in [0, 0.1) is 11.8 Å². The molecule has 0 aliphatic rings. The molecule has 1 N–H and O–H groups in total. The maximum atomic E-state index is 10.7. The topological polar surface area (TPSA) is 37.3 Å². The highest BCUT2D eigenvalue weighted by molar-refractivity contribution is 5.70. The summed E-state index contributed by atoms with van der Waals surface area (Å²) in [6.07, 6.45) is 5.91.